The van der Waals surface area contributed by atoms with E-state index in [2.05, 4.69) is 4.98 Å². The number of aromatic nitrogens is 2. The summed E-state index contributed by atoms with van der Waals surface area (Å²) in [6, 6.07) is 1.75. The maximum atomic E-state index is 12.6. The fraction of sp³-hybridized carbons (Fsp3) is 0.214. The maximum Gasteiger partial charge on any atom is 0.328 e. The number of imidazole rings is 1. The van der Waals surface area contributed by atoms with Crippen molar-refractivity contribution in [1.82, 2.24) is 14.5 Å². The van der Waals surface area contributed by atoms with Crippen molar-refractivity contribution >= 4 is 29.3 Å². The number of thiophene rings is 1. The summed E-state index contributed by atoms with van der Waals surface area (Å²) in [7, 11) is 0. The molecule has 108 valence electrons. The van der Waals surface area contributed by atoms with E-state index in [1.54, 1.807) is 22.5 Å². The van der Waals surface area contributed by atoms with Crippen LogP contribution >= 0.6 is 11.3 Å². The van der Waals surface area contributed by atoms with Crippen molar-refractivity contribution in [3.63, 3.8) is 0 Å². The Morgan fingerprint density at radius 2 is 2.24 bits per heavy atom. The van der Waals surface area contributed by atoms with Crippen LogP contribution < -0.4 is 0 Å². The van der Waals surface area contributed by atoms with E-state index in [1.807, 2.05) is 10.8 Å². The Morgan fingerprint density at radius 1 is 1.38 bits per heavy atom. The van der Waals surface area contributed by atoms with Crippen molar-refractivity contribution < 1.29 is 14.7 Å². The molecule has 3 rings (SSSR count). The molecule has 1 amide bonds. The second-order valence-electron chi connectivity index (χ2n) is 4.64. The van der Waals surface area contributed by atoms with Gasteiger partial charge in [-0.2, -0.15) is 0 Å². The third-order valence-electron chi connectivity index (χ3n) is 3.33. The number of hydrogen-bond acceptors (Lipinski definition) is 4. The first-order valence-electron chi connectivity index (χ1n) is 6.43. The van der Waals surface area contributed by atoms with Gasteiger partial charge in [0.1, 0.15) is 5.82 Å². The van der Waals surface area contributed by atoms with E-state index in [-0.39, 0.29) is 5.91 Å². The Kier molecular flexibility index (Phi) is 3.57. The summed E-state index contributed by atoms with van der Waals surface area (Å²) in [5.74, 6) is -0.238. The third-order valence-corrected chi connectivity index (χ3v) is 4.25. The highest BCUT2D eigenvalue weighted by Gasteiger charge is 2.24. The molecule has 0 unspecified atom stereocenters. The van der Waals surface area contributed by atoms with Crippen molar-refractivity contribution in [2.75, 3.05) is 6.54 Å². The Morgan fingerprint density at radius 3 is 3.05 bits per heavy atom. The normalized spacial score (nSPS) is 14.4. The molecule has 0 radical (unpaired) electrons. The quantitative estimate of drug-likeness (QED) is 0.876. The number of fused-ring (bicyclic) bond motifs is 1. The molecular formula is C14H13N3O3S. The molecule has 0 spiro atoms. The van der Waals surface area contributed by atoms with Gasteiger partial charge in [0, 0.05) is 31.6 Å². The lowest BCUT2D eigenvalue weighted by atomic mass is 10.2. The van der Waals surface area contributed by atoms with Crippen LogP contribution in [0.25, 0.3) is 6.08 Å². The molecule has 21 heavy (non-hydrogen) atoms. The monoisotopic (exact) mass is 303 g/mol. The van der Waals surface area contributed by atoms with E-state index < -0.39 is 5.97 Å². The average molecular weight is 303 g/mol. The molecule has 1 aliphatic rings. The van der Waals surface area contributed by atoms with E-state index in [1.165, 1.54) is 17.4 Å². The predicted octanol–water partition coefficient (Wildman–Crippen LogP) is 1.70. The summed E-state index contributed by atoms with van der Waals surface area (Å²) in [5, 5.41) is 10.5. The van der Waals surface area contributed by atoms with Crippen LogP contribution in [0, 0.1) is 0 Å². The average Bonchev–Trinajstić information content (AvgIpc) is 3.12. The van der Waals surface area contributed by atoms with Crippen molar-refractivity contribution in [3.8, 4) is 0 Å². The Balaban J connectivity index is 1.81. The predicted molar refractivity (Wildman–Crippen MR) is 78.0 cm³/mol. The minimum Gasteiger partial charge on any atom is -0.478 e. The van der Waals surface area contributed by atoms with Crippen LogP contribution in [0.5, 0.6) is 0 Å². The van der Waals surface area contributed by atoms with Crippen molar-refractivity contribution in [2.45, 2.75) is 13.1 Å². The first kappa shape index (κ1) is 13.6. The number of aliphatic carboxylic acids is 1. The van der Waals surface area contributed by atoms with Crippen LogP contribution in [-0.4, -0.2) is 38.0 Å². The molecule has 1 N–H and O–H groups in total. The molecule has 2 aromatic heterocycles. The molecule has 7 heteroatoms. The van der Waals surface area contributed by atoms with Gasteiger partial charge in [-0.1, -0.05) is 0 Å². The molecule has 1 aliphatic heterocycles. The summed E-state index contributed by atoms with van der Waals surface area (Å²) >= 11 is 1.32. The standard InChI is InChI=1S/C14H13N3O3S/c18-12(19)2-1-10-3-8-21-13(10)14(20)17-7-6-16-5-4-15-11(16)9-17/h1-5,8H,6-7,9H2,(H,18,19). The molecule has 0 bridgehead atoms. The smallest absolute Gasteiger partial charge is 0.328 e. The number of carbonyl (C=O) groups excluding carboxylic acids is 1. The van der Waals surface area contributed by atoms with E-state index in [4.69, 9.17) is 5.11 Å². The van der Waals surface area contributed by atoms with Gasteiger partial charge in [-0.25, -0.2) is 9.78 Å². The fourth-order valence-corrected chi connectivity index (χ4v) is 3.13. The van der Waals surface area contributed by atoms with E-state index >= 15 is 0 Å². The summed E-state index contributed by atoms with van der Waals surface area (Å²) in [6.45, 7) is 1.83. The molecular weight excluding hydrogens is 290 g/mol. The number of carboxylic acid groups (broad SMARTS) is 1. The van der Waals surface area contributed by atoms with Crippen LogP contribution in [0.3, 0.4) is 0 Å². The number of hydrogen-bond donors (Lipinski definition) is 1. The highest BCUT2D eigenvalue weighted by atomic mass is 32.1. The van der Waals surface area contributed by atoms with Crippen LogP contribution in [0.2, 0.25) is 0 Å². The lowest BCUT2D eigenvalue weighted by molar-refractivity contribution is -0.131. The zero-order chi connectivity index (χ0) is 14.8. The van der Waals surface area contributed by atoms with Gasteiger partial charge in [-0.05, 0) is 23.1 Å². The zero-order valence-corrected chi connectivity index (χ0v) is 11.9. The fourth-order valence-electron chi connectivity index (χ4n) is 2.28. The summed E-state index contributed by atoms with van der Waals surface area (Å²) < 4.78 is 2.03. The highest BCUT2D eigenvalue weighted by molar-refractivity contribution is 7.12. The highest BCUT2D eigenvalue weighted by Crippen LogP contribution is 2.22. The maximum absolute atomic E-state index is 12.6. The summed E-state index contributed by atoms with van der Waals surface area (Å²) in [4.78, 5) is 29.7. The van der Waals surface area contributed by atoms with Gasteiger partial charge in [-0.15, -0.1) is 11.3 Å². The second kappa shape index (κ2) is 5.53. The van der Waals surface area contributed by atoms with Gasteiger partial charge in [-0.3, -0.25) is 4.79 Å². The van der Waals surface area contributed by atoms with E-state index in [0.717, 1.165) is 18.4 Å². The number of carbonyl (C=O) groups is 2. The van der Waals surface area contributed by atoms with Crippen LogP contribution in [-0.2, 0) is 17.9 Å². The Hall–Kier alpha value is -2.41. The molecule has 0 atom stereocenters. The van der Waals surface area contributed by atoms with Crippen LogP contribution in [0.15, 0.2) is 29.9 Å². The molecule has 0 fully saturated rings. The zero-order valence-electron chi connectivity index (χ0n) is 11.1. The molecule has 0 aromatic carbocycles. The van der Waals surface area contributed by atoms with Gasteiger partial charge < -0.3 is 14.6 Å². The molecule has 3 heterocycles. The topological polar surface area (TPSA) is 75.4 Å². The van der Waals surface area contributed by atoms with Crippen LogP contribution in [0.1, 0.15) is 21.1 Å². The number of carboxylic acids is 1. The lowest BCUT2D eigenvalue weighted by Crippen LogP contribution is -2.38. The Bertz CT molecular complexity index is 717. The van der Waals surface area contributed by atoms with E-state index in [9.17, 15) is 9.59 Å². The number of nitrogens with zero attached hydrogens (tertiary/aromatic N) is 3. The van der Waals surface area contributed by atoms with Crippen LogP contribution in [0.4, 0.5) is 0 Å². The SMILES string of the molecule is O=C(O)C=Cc1ccsc1C(=O)N1CCn2ccnc2C1. The minimum absolute atomic E-state index is 0.0794. The third kappa shape index (κ3) is 2.73. The first-order valence-corrected chi connectivity index (χ1v) is 7.31. The molecule has 6 nitrogen and oxygen atoms in total. The largest absolute Gasteiger partial charge is 0.478 e. The minimum atomic E-state index is -1.03. The molecule has 0 saturated heterocycles. The van der Waals surface area contributed by atoms with Crippen molar-refractivity contribution in [1.29, 1.82) is 0 Å². The molecule has 0 aliphatic carbocycles. The summed E-state index contributed by atoms with van der Waals surface area (Å²) in [5.41, 5.74) is 0.640. The van der Waals surface area contributed by atoms with Gasteiger partial charge in [0.05, 0.1) is 11.4 Å². The second-order valence-corrected chi connectivity index (χ2v) is 5.56. The van der Waals surface area contributed by atoms with Gasteiger partial charge in [0.25, 0.3) is 5.91 Å². The van der Waals surface area contributed by atoms with Gasteiger partial charge >= 0.3 is 5.97 Å². The van der Waals surface area contributed by atoms with Crippen molar-refractivity contribution in [2.24, 2.45) is 0 Å². The number of amides is 1. The summed E-state index contributed by atoms with van der Waals surface area (Å²) in [6.07, 6.45) is 6.14. The molecule has 0 saturated carbocycles. The molecule has 2 aromatic rings. The lowest BCUT2D eigenvalue weighted by Gasteiger charge is -2.27. The Labute approximate surface area is 125 Å². The van der Waals surface area contributed by atoms with Crippen molar-refractivity contribution in [3.05, 3.63) is 46.2 Å². The number of rotatable bonds is 3. The van der Waals surface area contributed by atoms with Gasteiger partial charge in [0.15, 0.2) is 0 Å². The van der Waals surface area contributed by atoms with Gasteiger partial charge in [0.2, 0.25) is 0 Å². The van der Waals surface area contributed by atoms with E-state index in [0.29, 0.717) is 23.5 Å². The first-order chi connectivity index (χ1) is 10.1.